The van der Waals surface area contributed by atoms with Gasteiger partial charge in [-0.1, -0.05) is 11.6 Å². The molecule has 0 amide bonds. The molecule has 3 heteroatoms. The Labute approximate surface area is 103 Å². The van der Waals surface area contributed by atoms with E-state index in [0.717, 1.165) is 25.5 Å². The fourth-order valence-corrected chi connectivity index (χ4v) is 4.14. The van der Waals surface area contributed by atoms with Crippen molar-refractivity contribution >= 4 is 11.8 Å². The van der Waals surface area contributed by atoms with E-state index >= 15 is 0 Å². The van der Waals surface area contributed by atoms with Gasteiger partial charge in [-0.05, 0) is 50.8 Å². The highest BCUT2D eigenvalue weighted by atomic mass is 32.2. The van der Waals surface area contributed by atoms with Gasteiger partial charge >= 0.3 is 0 Å². The van der Waals surface area contributed by atoms with Crippen molar-refractivity contribution in [3.8, 4) is 0 Å². The number of allylic oxidation sites excluding steroid dienone is 1. The van der Waals surface area contributed by atoms with Crippen LogP contribution in [0.2, 0.25) is 0 Å². The van der Waals surface area contributed by atoms with Crippen LogP contribution in [0.25, 0.3) is 0 Å². The van der Waals surface area contributed by atoms with Crippen LogP contribution in [0.4, 0.5) is 0 Å². The Bertz CT molecular complexity index is 259. The summed E-state index contributed by atoms with van der Waals surface area (Å²) in [6.45, 7) is 3.97. The van der Waals surface area contributed by atoms with Crippen LogP contribution in [0, 0.1) is 5.92 Å². The lowest BCUT2D eigenvalue weighted by Gasteiger charge is -2.38. The first-order valence-electron chi connectivity index (χ1n) is 6.34. The molecule has 0 aromatic heterocycles. The van der Waals surface area contributed by atoms with E-state index in [1.54, 1.807) is 0 Å². The second-order valence-corrected chi connectivity index (χ2v) is 6.15. The average Bonchev–Trinajstić information content (AvgIpc) is 2.74. The Morgan fingerprint density at radius 3 is 3.19 bits per heavy atom. The fraction of sp³-hybridized carbons (Fsp3) is 0.846. The Kier molecular flexibility index (Phi) is 4.34. The summed E-state index contributed by atoms with van der Waals surface area (Å²) in [6.07, 6.45) is 7.02. The number of ether oxygens (including phenoxy) is 1. The van der Waals surface area contributed by atoms with E-state index in [0.29, 0.717) is 0 Å². The first-order chi connectivity index (χ1) is 7.76. The lowest BCUT2D eigenvalue weighted by Crippen LogP contribution is -2.40. The molecule has 2 atom stereocenters. The van der Waals surface area contributed by atoms with Crippen molar-refractivity contribution in [1.82, 2.24) is 0 Å². The Balaban J connectivity index is 1.95. The van der Waals surface area contributed by atoms with Crippen molar-refractivity contribution in [2.75, 3.05) is 24.7 Å². The first-order valence-corrected chi connectivity index (χ1v) is 7.50. The number of thioether (sulfide) groups is 1. The molecule has 2 nitrogen and oxygen atoms in total. The van der Waals surface area contributed by atoms with Crippen molar-refractivity contribution in [2.45, 2.75) is 38.2 Å². The van der Waals surface area contributed by atoms with Gasteiger partial charge in [0.05, 0.1) is 5.60 Å². The maximum Gasteiger partial charge on any atom is 0.0786 e. The molecule has 0 aromatic rings. The van der Waals surface area contributed by atoms with E-state index in [4.69, 9.17) is 10.5 Å². The summed E-state index contributed by atoms with van der Waals surface area (Å²) >= 11 is 2.05. The molecule has 92 valence electrons. The third-order valence-corrected chi connectivity index (χ3v) is 5.06. The highest BCUT2D eigenvalue weighted by Gasteiger charge is 2.40. The van der Waals surface area contributed by atoms with Gasteiger partial charge in [0.1, 0.15) is 0 Å². The Morgan fingerprint density at radius 2 is 2.50 bits per heavy atom. The van der Waals surface area contributed by atoms with Crippen molar-refractivity contribution < 1.29 is 4.74 Å². The predicted octanol–water partition coefficient (Wildman–Crippen LogP) is 2.58. The molecule has 2 N–H and O–H groups in total. The lowest BCUT2D eigenvalue weighted by molar-refractivity contribution is -0.0734. The lowest BCUT2D eigenvalue weighted by atomic mass is 9.81. The molecule has 2 unspecified atom stereocenters. The predicted molar refractivity (Wildman–Crippen MR) is 70.8 cm³/mol. The molecule has 2 saturated heterocycles. The second-order valence-electron chi connectivity index (χ2n) is 5.05. The fourth-order valence-electron chi connectivity index (χ4n) is 2.76. The maximum absolute atomic E-state index is 6.04. The number of nitrogens with two attached hydrogens (primary N) is 1. The zero-order valence-corrected chi connectivity index (χ0v) is 11.0. The van der Waals surface area contributed by atoms with E-state index in [1.807, 2.05) is 11.8 Å². The molecular formula is C13H23NOS. The van der Waals surface area contributed by atoms with Crippen LogP contribution in [-0.4, -0.2) is 30.3 Å². The molecule has 2 aliphatic heterocycles. The first kappa shape index (κ1) is 12.5. The molecule has 2 rings (SSSR count). The minimum atomic E-state index is 0.214. The van der Waals surface area contributed by atoms with Crippen molar-refractivity contribution in [3.05, 3.63) is 11.6 Å². The van der Waals surface area contributed by atoms with Gasteiger partial charge in [-0.2, -0.15) is 11.8 Å². The number of hydrogen-bond acceptors (Lipinski definition) is 3. The number of hydrogen-bond donors (Lipinski definition) is 1. The third-order valence-electron chi connectivity index (χ3n) is 3.84. The van der Waals surface area contributed by atoms with Gasteiger partial charge in [0.2, 0.25) is 0 Å². The normalized spacial score (nSPS) is 35.9. The summed E-state index contributed by atoms with van der Waals surface area (Å²) in [5.74, 6) is 3.21. The van der Waals surface area contributed by atoms with Crippen LogP contribution >= 0.6 is 11.8 Å². The van der Waals surface area contributed by atoms with Crippen LogP contribution in [0.5, 0.6) is 0 Å². The van der Waals surface area contributed by atoms with E-state index < -0.39 is 0 Å². The van der Waals surface area contributed by atoms with Crippen LogP contribution in [0.15, 0.2) is 11.6 Å². The van der Waals surface area contributed by atoms with Gasteiger partial charge in [0.15, 0.2) is 0 Å². The summed E-state index contributed by atoms with van der Waals surface area (Å²) in [6, 6.07) is 0. The minimum absolute atomic E-state index is 0.214. The zero-order chi connectivity index (χ0) is 11.4. The van der Waals surface area contributed by atoms with E-state index in [2.05, 4.69) is 13.0 Å². The highest BCUT2D eigenvalue weighted by Crippen LogP contribution is 2.42. The largest absolute Gasteiger partial charge is 0.374 e. The molecule has 0 bridgehead atoms. The van der Waals surface area contributed by atoms with Crippen molar-refractivity contribution in [2.24, 2.45) is 11.7 Å². The van der Waals surface area contributed by atoms with Crippen molar-refractivity contribution in [3.63, 3.8) is 0 Å². The van der Waals surface area contributed by atoms with Gasteiger partial charge in [-0.25, -0.2) is 0 Å². The van der Waals surface area contributed by atoms with E-state index in [-0.39, 0.29) is 5.60 Å². The summed E-state index contributed by atoms with van der Waals surface area (Å²) in [5, 5.41) is 0. The summed E-state index contributed by atoms with van der Waals surface area (Å²) in [7, 11) is 0. The quantitative estimate of drug-likeness (QED) is 0.771. The molecule has 1 spiro atoms. The molecule has 2 fully saturated rings. The molecule has 0 aromatic carbocycles. The third kappa shape index (κ3) is 2.82. The molecule has 0 saturated carbocycles. The SMILES string of the molecule is CC(=CCCN)C1CCOC2(CCSC2)C1. The standard InChI is InChI=1S/C13H23NOS/c1-11(3-2-6-14)12-4-7-15-13(9-12)5-8-16-10-13/h3,12H,2,4-10,14H2,1H3. The van der Waals surface area contributed by atoms with Gasteiger partial charge in [0.25, 0.3) is 0 Å². The zero-order valence-electron chi connectivity index (χ0n) is 10.2. The molecule has 0 radical (unpaired) electrons. The highest BCUT2D eigenvalue weighted by molar-refractivity contribution is 7.99. The van der Waals surface area contributed by atoms with Gasteiger partial charge in [-0.3, -0.25) is 0 Å². The van der Waals surface area contributed by atoms with Gasteiger partial charge in [-0.15, -0.1) is 0 Å². The average molecular weight is 241 g/mol. The monoisotopic (exact) mass is 241 g/mol. The second kappa shape index (κ2) is 5.56. The topological polar surface area (TPSA) is 35.2 Å². The summed E-state index contributed by atoms with van der Waals surface area (Å²) < 4.78 is 6.04. The van der Waals surface area contributed by atoms with Crippen LogP contribution in [0.1, 0.15) is 32.6 Å². The molecular weight excluding hydrogens is 218 g/mol. The minimum Gasteiger partial charge on any atom is -0.374 e. The summed E-state index contributed by atoms with van der Waals surface area (Å²) in [4.78, 5) is 0. The van der Waals surface area contributed by atoms with E-state index in [1.165, 1.54) is 36.3 Å². The molecule has 2 heterocycles. The van der Waals surface area contributed by atoms with Crippen LogP contribution < -0.4 is 5.73 Å². The van der Waals surface area contributed by atoms with Gasteiger partial charge in [0, 0.05) is 12.4 Å². The molecule has 2 aliphatic rings. The van der Waals surface area contributed by atoms with Crippen LogP contribution in [0.3, 0.4) is 0 Å². The number of rotatable bonds is 3. The van der Waals surface area contributed by atoms with Gasteiger partial charge < -0.3 is 10.5 Å². The Hall–Kier alpha value is 0.0100. The molecule has 16 heavy (non-hydrogen) atoms. The maximum atomic E-state index is 6.04. The summed E-state index contributed by atoms with van der Waals surface area (Å²) in [5.41, 5.74) is 7.30. The Morgan fingerprint density at radius 1 is 1.62 bits per heavy atom. The smallest absolute Gasteiger partial charge is 0.0786 e. The van der Waals surface area contributed by atoms with Crippen molar-refractivity contribution in [1.29, 1.82) is 0 Å². The molecule has 0 aliphatic carbocycles. The van der Waals surface area contributed by atoms with E-state index in [9.17, 15) is 0 Å². The van der Waals surface area contributed by atoms with Crippen LogP contribution in [-0.2, 0) is 4.74 Å².